The summed E-state index contributed by atoms with van der Waals surface area (Å²) >= 11 is 0. The van der Waals surface area contributed by atoms with E-state index < -0.39 is 0 Å². The number of rotatable bonds is 8. The molecule has 1 N–H and O–H groups in total. The Bertz CT molecular complexity index is 1200. The fourth-order valence-electron chi connectivity index (χ4n) is 5.04. The average Bonchev–Trinajstić information content (AvgIpc) is 3.63. The summed E-state index contributed by atoms with van der Waals surface area (Å²) in [4.78, 5) is 29.7. The van der Waals surface area contributed by atoms with Gasteiger partial charge in [0.15, 0.2) is 12.3 Å². The number of nitrogens with zero attached hydrogens (tertiary/aromatic N) is 6. The molecule has 2 saturated heterocycles. The first-order valence-electron chi connectivity index (χ1n) is 12.8. The summed E-state index contributed by atoms with van der Waals surface area (Å²) in [6, 6.07) is 11.4. The Morgan fingerprint density at radius 2 is 1.86 bits per heavy atom. The number of anilines is 1. The molecule has 190 valence electrons. The maximum atomic E-state index is 13.2. The maximum Gasteiger partial charge on any atom is 0.260 e. The van der Waals surface area contributed by atoms with Crippen molar-refractivity contribution >= 4 is 23.3 Å². The first-order chi connectivity index (χ1) is 17.6. The molecule has 2 aliphatic heterocycles. The molecule has 0 aliphatic carbocycles. The highest BCUT2D eigenvalue weighted by atomic mass is 16.5. The SMILES string of the molecule is CCC(NC(=O)C1CCN(c2ccc3nncn3n2)CC1)c1ccccc1OCC(=O)N1CCCC1. The average molecular weight is 492 g/mol. The van der Waals surface area contributed by atoms with E-state index in [4.69, 9.17) is 4.74 Å². The van der Waals surface area contributed by atoms with Gasteiger partial charge in [0.1, 0.15) is 17.9 Å². The second-order valence-electron chi connectivity index (χ2n) is 9.47. The third-order valence-electron chi connectivity index (χ3n) is 7.17. The summed E-state index contributed by atoms with van der Waals surface area (Å²) < 4.78 is 7.61. The van der Waals surface area contributed by atoms with Crippen LogP contribution in [0, 0.1) is 5.92 Å². The van der Waals surface area contributed by atoms with Gasteiger partial charge in [0.2, 0.25) is 5.91 Å². The van der Waals surface area contributed by atoms with Crippen LogP contribution in [0.1, 0.15) is 50.6 Å². The molecule has 2 aliphatic rings. The minimum Gasteiger partial charge on any atom is -0.483 e. The Labute approximate surface area is 210 Å². The standard InChI is InChI=1S/C26H33N7O3/c1-2-21(20-7-3-4-8-22(20)36-17-25(34)32-13-5-6-14-32)28-26(35)19-11-15-31(16-12-19)24-10-9-23-29-27-18-33(23)30-24/h3-4,7-10,18-19,21H,2,5-6,11-17H2,1H3,(H,28,35). The molecule has 0 bridgehead atoms. The maximum absolute atomic E-state index is 13.2. The van der Waals surface area contributed by atoms with E-state index in [2.05, 4.69) is 25.5 Å². The van der Waals surface area contributed by atoms with Crippen molar-refractivity contribution in [1.29, 1.82) is 0 Å². The van der Waals surface area contributed by atoms with Gasteiger partial charge in [-0.1, -0.05) is 25.1 Å². The number of likely N-dealkylation sites (tertiary alicyclic amines) is 1. The summed E-state index contributed by atoms with van der Waals surface area (Å²) in [6.07, 6.45) is 5.94. The number of amides is 2. The normalized spacial score (nSPS) is 17.4. The predicted octanol–water partition coefficient (Wildman–Crippen LogP) is 2.61. The second kappa shape index (κ2) is 10.9. The molecule has 5 rings (SSSR count). The molecule has 3 aromatic rings. The smallest absolute Gasteiger partial charge is 0.260 e. The number of fused-ring (bicyclic) bond motifs is 1. The van der Waals surface area contributed by atoms with Crippen molar-refractivity contribution < 1.29 is 14.3 Å². The topological polar surface area (TPSA) is 105 Å². The van der Waals surface area contributed by atoms with E-state index in [-0.39, 0.29) is 30.4 Å². The van der Waals surface area contributed by atoms with Gasteiger partial charge in [-0.2, -0.15) is 4.52 Å². The molecule has 1 atom stereocenters. The van der Waals surface area contributed by atoms with Crippen LogP contribution in [0.5, 0.6) is 5.75 Å². The Kier molecular flexibility index (Phi) is 7.29. The number of carbonyl (C=O) groups is 2. The quantitative estimate of drug-likeness (QED) is 0.516. The third kappa shape index (κ3) is 5.27. The highest BCUT2D eigenvalue weighted by Crippen LogP contribution is 2.29. The lowest BCUT2D eigenvalue weighted by atomic mass is 9.94. The molecule has 2 fully saturated rings. The molecule has 0 saturated carbocycles. The molecule has 4 heterocycles. The molecular weight excluding hydrogens is 458 g/mol. The van der Waals surface area contributed by atoms with E-state index in [0.717, 1.165) is 69.7 Å². The van der Waals surface area contributed by atoms with Crippen LogP contribution in [0.4, 0.5) is 5.82 Å². The summed E-state index contributed by atoms with van der Waals surface area (Å²) in [5.74, 6) is 1.54. The van der Waals surface area contributed by atoms with E-state index in [1.165, 1.54) is 0 Å². The van der Waals surface area contributed by atoms with Gasteiger partial charge >= 0.3 is 0 Å². The number of carbonyl (C=O) groups excluding carboxylic acids is 2. The predicted molar refractivity (Wildman–Crippen MR) is 135 cm³/mol. The molecule has 1 aromatic carbocycles. The van der Waals surface area contributed by atoms with E-state index >= 15 is 0 Å². The number of aromatic nitrogens is 4. The van der Waals surface area contributed by atoms with Crippen LogP contribution in [-0.4, -0.2) is 69.3 Å². The Morgan fingerprint density at radius 1 is 1.08 bits per heavy atom. The first-order valence-corrected chi connectivity index (χ1v) is 12.8. The lowest BCUT2D eigenvalue weighted by Crippen LogP contribution is -2.42. The van der Waals surface area contributed by atoms with Crippen LogP contribution in [0.15, 0.2) is 42.7 Å². The molecule has 0 radical (unpaired) electrons. The summed E-state index contributed by atoms with van der Waals surface area (Å²) in [5, 5.41) is 15.7. The van der Waals surface area contributed by atoms with Gasteiger partial charge in [-0.3, -0.25) is 9.59 Å². The molecule has 10 nitrogen and oxygen atoms in total. The second-order valence-corrected chi connectivity index (χ2v) is 9.47. The fraction of sp³-hybridized carbons (Fsp3) is 0.500. The van der Waals surface area contributed by atoms with Crippen LogP contribution in [0.25, 0.3) is 5.65 Å². The van der Waals surface area contributed by atoms with Gasteiger partial charge in [0.05, 0.1) is 6.04 Å². The largest absolute Gasteiger partial charge is 0.483 e. The van der Waals surface area contributed by atoms with Crippen molar-refractivity contribution in [3.8, 4) is 5.75 Å². The molecule has 0 spiro atoms. The van der Waals surface area contributed by atoms with Crippen LogP contribution in [-0.2, 0) is 9.59 Å². The first kappa shape index (κ1) is 24.0. The minimum atomic E-state index is -0.175. The highest BCUT2D eigenvalue weighted by molar-refractivity contribution is 5.80. The number of benzene rings is 1. The zero-order chi connectivity index (χ0) is 24.9. The minimum absolute atomic E-state index is 0.0177. The van der Waals surface area contributed by atoms with Crippen LogP contribution in [0.2, 0.25) is 0 Å². The van der Waals surface area contributed by atoms with Crippen LogP contribution >= 0.6 is 0 Å². The van der Waals surface area contributed by atoms with E-state index in [1.807, 2.05) is 48.2 Å². The Balaban J connectivity index is 1.17. The van der Waals surface area contributed by atoms with E-state index in [1.54, 1.807) is 10.8 Å². The molecule has 10 heteroatoms. The monoisotopic (exact) mass is 491 g/mol. The zero-order valence-electron chi connectivity index (χ0n) is 20.7. The summed E-state index contributed by atoms with van der Waals surface area (Å²) in [7, 11) is 0. The fourth-order valence-corrected chi connectivity index (χ4v) is 5.04. The van der Waals surface area contributed by atoms with Crippen molar-refractivity contribution in [1.82, 2.24) is 30.0 Å². The van der Waals surface area contributed by atoms with Gasteiger partial charge in [-0.25, -0.2) is 0 Å². The lowest BCUT2D eigenvalue weighted by Gasteiger charge is -2.33. The number of para-hydroxylation sites is 1. The molecule has 2 aromatic heterocycles. The molecule has 1 unspecified atom stereocenters. The summed E-state index contributed by atoms with van der Waals surface area (Å²) in [5.41, 5.74) is 1.62. The van der Waals surface area contributed by atoms with Crippen molar-refractivity contribution in [2.24, 2.45) is 5.92 Å². The third-order valence-corrected chi connectivity index (χ3v) is 7.17. The van der Waals surface area contributed by atoms with Gasteiger partial charge in [0, 0.05) is 37.7 Å². The lowest BCUT2D eigenvalue weighted by molar-refractivity contribution is -0.132. The number of hydrogen-bond donors (Lipinski definition) is 1. The van der Waals surface area contributed by atoms with Crippen LogP contribution < -0.4 is 15.0 Å². The number of ether oxygens (including phenoxy) is 1. The van der Waals surface area contributed by atoms with E-state index in [0.29, 0.717) is 11.4 Å². The van der Waals surface area contributed by atoms with Gasteiger partial charge in [-0.05, 0) is 50.3 Å². The molecule has 2 amide bonds. The molecule has 36 heavy (non-hydrogen) atoms. The zero-order valence-corrected chi connectivity index (χ0v) is 20.7. The molecular formula is C26H33N7O3. The van der Waals surface area contributed by atoms with Crippen LogP contribution in [0.3, 0.4) is 0 Å². The van der Waals surface area contributed by atoms with Crippen molar-refractivity contribution in [2.75, 3.05) is 37.7 Å². The van der Waals surface area contributed by atoms with Gasteiger partial charge < -0.3 is 19.9 Å². The van der Waals surface area contributed by atoms with E-state index in [9.17, 15) is 9.59 Å². The number of nitrogens with one attached hydrogen (secondary N) is 1. The Morgan fingerprint density at radius 3 is 2.64 bits per heavy atom. The number of hydrogen-bond acceptors (Lipinski definition) is 7. The van der Waals surface area contributed by atoms with Crippen molar-refractivity contribution in [3.05, 3.63) is 48.3 Å². The Hall–Kier alpha value is -3.69. The number of piperidine rings is 1. The van der Waals surface area contributed by atoms with Crippen molar-refractivity contribution in [3.63, 3.8) is 0 Å². The highest BCUT2D eigenvalue weighted by Gasteiger charge is 2.28. The summed E-state index contributed by atoms with van der Waals surface area (Å²) in [6.45, 7) is 5.20. The van der Waals surface area contributed by atoms with Gasteiger partial charge in [0.25, 0.3) is 5.91 Å². The van der Waals surface area contributed by atoms with Gasteiger partial charge in [-0.15, -0.1) is 15.3 Å². The van der Waals surface area contributed by atoms with Crippen molar-refractivity contribution in [2.45, 2.75) is 45.1 Å².